The maximum absolute atomic E-state index is 11.8. The Labute approximate surface area is 153 Å². The van der Waals surface area contributed by atoms with Gasteiger partial charge in [-0.25, -0.2) is 9.59 Å². The fourth-order valence-corrected chi connectivity index (χ4v) is 2.21. The first-order valence-electron chi connectivity index (χ1n) is 8.47. The largest absolute Gasteiger partial charge is 0.465 e. The molecule has 2 amide bonds. The minimum Gasteiger partial charge on any atom is -0.465 e. The average molecular weight is 350 g/mol. The number of esters is 1. The molecular formula is C21H22N2O3. The molecule has 5 heteroatoms. The fourth-order valence-electron chi connectivity index (χ4n) is 2.21. The lowest BCUT2D eigenvalue weighted by Crippen LogP contribution is -2.29. The van der Waals surface area contributed by atoms with Gasteiger partial charge in [-0.2, -0.15) is 0 Å². The van der Waals surface area contributed by atoms with Gasteiger partial charge >= 0.3 is 12.0 Å². The van der Waals surface area contributed by atoms with Crippen molar-refractivity contribution in [1.82, 2.24) is 5.32 Å². The number of hydrogen-bond acceptors (Lipinski definition) is 3. The quantitative estimate of drug-likeness (QED) is 0.490. The minimum atomic E-state index is -0.395. The van der Waals surface area contributed by atoms with E-state index in [2.05, 4.69) is 29.4 Å². The predicted octanol–water partition coefficient (Wildman–Crippen LogP) is 3.79. The normalized spacial score (nSPS) is 9.62. The van der Waals surface area contributed by atoms with Crippen molar-refractivity contribution in [1.29, 1.82) is 0 Å². The lowest BCUT2D eigenvalue weighted by Gasteiger charge is -2.07. The summed E-state index contributed by atoms with van der Waals surface area (Å²) in [4.78, 5) is 23.4. The zero-order chi connectivity index (χ0) is 18.8. The first kappa shape index (κ1) is 19.1. The Hall–Kier alpha value is -3.26. The highest BCUT2D eigenvalue weighted by Crippen LogP contribution is 2.10. The molecule has 0 bridgehead atoms. The summed E-state index contributed by atoms with van der Waals surface area (Å²) in [6.45, 7) is 2.72. The second-order valence-corrected chi connectivity index (χ2v) is 5.64. The number of nitrogens with one attached hydrogen (secondary N) is 2. The first-order valence-corrected chi connectivity index (χ1v) is 8.47. The van der Waals surface area contributed by atoms with Crippen LogP contribution in [0, 0.1) is 11.8 Å². The van der Waals surface area contributed by atoms with Gasteiger partial charge in [0.1, 0.15) is 0 Å². The third-order valence-corrected chi connectivity index (χ3v) is 3.57. The van der Waals surface area contributed by atoms with Crippen LogP contribution in [0.25, 0.3) is 0 Å². The number of methoxy groups -OCH3 is 1. The number of unbranched alkanes of at least 4 members (excludes halogenated alkanes) is 1. The molecule has 0 heterocycles. The van der Waals surface area contributed by atoms with E-state index in [1.54, 1.807) is 24.3 Å². The van der Waals surface area contributed by atoms with E-state index in [1.807, 2.05) is 24.3 Å². The average Bonchev–Trinajstić information content (AvgIpc) is 2.66. The van der Waals surface area contributed by atoms with Gasteiger partial charge < -0.3 is 15.4 Å². The van der Waals surface area contributed by atoms with Gasteiger partial charge in [0, 0.05) is 23.4 Å². The predicted molar refractivity (Wildman–Crippen MR) is 102 cm³/mol. The van der Waals surface area contributed by atoms with E-state index < -0.39 is 5.97 Å². The van der Waals surface area contributed by atoms with E-state index in [4.69, 9.17) is 4.74 Å². The molecule has 134 valence electrons. The molecule has 0 fully saturated rings. The summed E-state index contributed by atoms with van der Waals surface area (Å²) in [6, 6.07) is 14.0. The van der Waals surface area contributed by atoms with Gasteiger partial charge in [-0.1, -0.05) is 37.3 Å². The minimum absolute atomic E-state index is 0.227. The summed E-state index contributed by atoms with van der Waals surface area (Å²) in [5, 5.41) is 5.59. The number of carbonyl (C=O) groups is 2. The third kappa shape index (κ3) is 5.99. The van der Waals surface area contributed by atoms with Crippen molar-refractivity contribution in [3.05, 3.63) is 65.2 Å². The van der Waals surface area contributed by atoms with Crippen LogP contribution < -0.4 is 10.6 Å². The zero-order valence-corrected chi connectivity index (χ0v) is 15.0. The lowest BCUT2D eigenvalue weighted by atomic mass is 10.1. The highest BCUT2D eigenvalue weighted by atomic mass is 16.5. The monoisotopic (exact) mass is 350 g/mol. The molecule has 0 aromatic heterocycles. The van der Waals surface area contributed by atoms with Crippen LogP contribution in [0.15, 0.2) is 48.5 Å². The smallest absolute Gasteiger partial charge is 0.337 e. The Morgan fingerprint density at radius 1 is 1.04 bits per heavy atom. The molecule has 0 aliphatic carbocycles. The molecule has 5 nitrogen and oxygen atoms in total. The van der Waals surface area contributed by atoms with Crippen molar-refractivity contribution in [3.8, 4) is 11.8 Å². The molecule has 0 atom stereocenters. The standard InChI is InChI=1S/C21H22N2O3/c1-3-4-13-22-21(25)23-19-10-6-8-17(15-19)12-11-16-7-5-9-18(14-16)20(24)26-2/h5-10,14-15H,3-4,13H2,1-2H3,(H2,22,23,25). The molecule has 2 aromatic rings. The Morgan fingerprint density at radius 3 is 2.42 bits per heavy atom. The number of rotatable bonds is 5. The van der Waals surface area contributed by atoms with Crippen molar-refractivity contribution < 1.29 is 14.3 Å². The van der Waals surface area contributed by atoms with Crippen LogP contribution in [0.5, 0.6) is 0 Å². The number of urea groups is 1. The van der Waals surface area contributed by atoms with E-state index >= 15 is 0 Å². The topological polar surface area (TPSA) is 67.4 Å². The number of amides is 2. The SMILES string of the molecule is CCCCNC(=O)Nc1cccc(C#Cc2cccc(C(=O)OC)c2)c1. The molecule has 0 aliphatic heterocycles. The molecule has 0 spiro atoms. The van der Waals surface area contributed by atoms with E-state index in [9.17, 15) is 9.59 Å². The van der Waals surface area contributed by atoms with Gasteiger partial charge in [-0.15, -0.1) is 0 Å². The van der Waals surface area contributed by atoms with Crippen LogP contribution in [0.1, 0.15) is 41.3 Å². The number of hydrogen-bond donors (Lipinski definition) is 2. The van der Waals surface area contributed by atoms with Gasteiger partial charge in [0.25, 0.3) is 0 Å². The molecule has 2 aromatic carbocycles. The molecule has 0 saturated carbocycles. The van der Waals surface area contributed by atoms with Crippen molar-refractivity contribution in [3.63, 3.8) is 0 Å². The van der Waals surface area contributed by atoms with E-state index in [0.29, 0.717) is 23.4 Å². The zero-order valence-electron chi connectivity index (χ0n) is 15.0. The van der Waals surface area contributed by atoms with Gasteiger partial charge in [0.05, 0.1) is 12.7 Å². The van der Waals surface area contributed by atoms with Crippen LogP contribution in [-0.4, -0.2) is 25.7 Å². The Bertz CT molecular complexity index is 834. The van der Waals surface area contributed by atoms with Gasteiger partial charge in [0.2, 0.25) is 0 Å². The highest BCUT2D eigenvalue weighted by molar-refractivity contribution is 5.90. The van der Waals surface area contributed by atoms with Gasteiger partial charge in [0.15, 0.2) is 0 Å². The van der Waals surface area contributed by atoms with Crippen molar-refractivity contribution >= 4 is 17.7 Å². The summed E-state index contributed by atoms with van der Waals surface area (Å²) in [5.74, 6) is 5.66. The summed E-state index contributed by atoms with van der Waals surface area (Å²) in [7, 11) is 1.34. The van der Waals surface area contributed by atoms with Crippen molar-refractivity contribution in [2.45, 2.75) is 19.8 Å². The molecular weight excluding hydrogens is 328 g/mol. The summed E-state index contributed by atoms with van der Waals surface area (Å²) >= 11 is 0. The highest BCUT2D eigenvalue weighted by Gasteiger charge is 2.04. The van der Waals surface area contributed by atoms with Crippen molar-refractivity contribution in [2.75, 3.05) is 19.0 Å². The summed E-state index contributed by atoms with van der Waals surface area (Å²) < 4.78 is 4.71. The number of carbonyl (C=O) groups excluding carboxylic acids is 2. The van der Waals surface area contributed by atoms with Crippen molar-refractivity contribution in [2.24, 2.45) is 0 Å². The fraction of sp³-hybridized carbons (Fsp3) is 0.238. The maximum Gasteiger partial charge on any atom is 0.337 e. The first-order chi connectivity index (χ1) is 12.6. The molecule has 2 N–H and O–H groups in total. The summed E-state index contributed by atoms with van der Waals surface area (Å²) in [6.07, 6.45) is 1.98. The molecule has 0 saturated heterocycles. The van der Waals surface area contributed by atoms with E-state index in [1.165, 1.54) is 7.11 Å². The Kier molecular flexibility index (Phi) is 7.26. The maximum atomic E-state index is 11.8. The molecule has 0 radical (unpaired) electrons. The number of ether oxygens (including phenoxy) is 1. The van der Waals surface area contributed by atoms with Crippen LogP contribution in [0.4, 0.5) is 10.5 Å². The van der Waals surface area contributed by atoms with Crippen LogP contribution >= 0.6 is 0 Å². The second-order valence-electron chi connectivity index (χ2n) is 5.64. The molecule has 26 heavy (non-hydrogen) atoms. The van der Waals surface area contributed by atoms with Gasteiger partial charge in [-0.05, 0) is 42.8 Å². The lowest BCUT2D eigenvalue weighted by molar-refractivity contribution is 0.0600. The molecule has 2 rings (SSSR count). The molecule has 0 unspecified atom stereocenters. The third-order valence-electron chi connectivity index (χ3n) is 3.57. The summed E-state index contributed by atoms with van der Waals surface area (Å²) in [5.41, 5.74) is 2.61. The number of anilines is 1. The number of benzene rings is 2. The van der Waals surface area contributed by atoms with E-state index in [-0.39, 0.29) is 6.03 Å². The van der Waals surface area contributed by atoms with Crippen LogP contribution in [0.3, 0.4) is 0 Å². The van der Waals surface area contributed by atoms with Crippen LogP contribution in [0.2, 0.25) is 0 Å². The van der Waals surface area contributed by atoms with Gasteiger partial charge in [-0.3, -0.25) is 0 Å². The van der Waals surface area contributed by atoms with Crippen LogP contribution in [-0.2, 0) is 4.74 Å². The molecule has 0 aliphatic rings. The van der Waals surface area contributed by atoms with E-state index in [0.717, 1.165) is 18.4 Å². The second kappa shape index (κ2) is 9.90. The Morgan fingerprint density at radius 2 is 1.73 bits per heavy atom. The Balaban J connectivity index is 2.06.